The van der Waals surface area contributed by atoms with E-state index in [4.69, 9.17) is 4.74 Å². The smallest absolute Gasteiger partial charge is 0.220 e. The maximum Gasteiger partial charge on any atom is 0.220 e. The number of rotatable bonds is 5. The maximum absolute atomic E-state index is 6.02. The van der Waals surface area contributed by atoms with Gasteiger partial charge in [-0.3, -0.25) is 10.00 Å². The van der Waals surface area contributed by atoms with Gasteiger partial charge in [-0.25, -0.2) is 4.98 Å². The van der Waals surface area contributed by atoms with E-state index >= 15 is 0 Å². The molecule has 3 aromatic rings. The molecule has 4 heterocycles. The molecule has 0 saturated carbocycles. The van der Waals surface area contributed by atoms with E-state index in [0.717, 1.165) is 53.9 Å². The molecule has 1 atom stereocenters. The highest BCUT2D eigenvalue weighted by Crippen LogP contribution is 2.29. The number of nitrogens with one attached hydrogen (secondary N) is 1. The van der Waals surface area contributed by atoms with Gasteiger partial charge in [-0.05, 0) is 38.4 Å². The predicted octanol–water partition coefficient (Wildman–Crippen LogP) is 2.98. The average Bonchev–Trinajstić information content (AvgIpc) is 3.26. The molecule has 3 aromatic heterocycles. The Bertz CT molecular complexity index is 874. The van der Waals surface area contributed by atoms with Gasteiger partial charge in [0.2, 0.25) is 5.88 Å². The summed E-state index contributed by atoms with van der Waals surface area (Å²) in [5.41, 5.74) is 4.28. The minimum Gasteiger partial charge on any atom is -0.472 e. The first-order valence-electron chi connectivity index (χ1n) is 8.36. The molecule has 0 bridgehead atoms. The van der Waals surface area contributed by atoms with Crippen LogP contribution >= 0.6 is 11.3 Å². The lowest BCUT2D eigenvalue weighted by Crippen LogP contribution is -2.31. The summed E-state index contributed by atoms with van der Waals surface area (Å²) in [5.74, 6) is 1.52. The second-order valence-electron chi connectivity index (χ2n) is 6.54. The van der Waals surface area contributed by atoms with Gasteiger partial charge in [0, 0.05) is 36.5 Å². The fraction of sp³-hybridized carbons (Fsp3) is 0.389. The highest BCUT2D eigenvalue weighted by atomic mass is 32.1. The number of aromatic amines is 1. The molecule has 0 spiro atoms. The molecular formula is C18H21N5OS. The van der Waals surface area contributed by atoms with Crippen molar-refractivity contribution in [3.63, 3.8) is 0 Å². The second kappa shape index (κ2) is 6.57. The molecule has 0 aliphatic carbocycles. The minimum atomic E-state index is 0.120. The lowest BCUT2D eigenvalue weighted by Gasteiger charge is -2.19. The van der Waals surface area contributed by atoms with Crippen molar-refractivity contribution in [1.82, 2.24) is 25.1 Å². The van der Waals surface area contributed by atoms with Crippen LogP contribution in [0.1, 0.15) is 22.8 Å². The summed E-state index contributed by atoms with van der Waals surface area (Å²) < 4.78 is 6.02. The van der Waals surface area contributed by atoms with Crippen LogP contribution in [-0.4, -0.2) is 44.8 Å². The third-order valence-electron chi connectivity index (χ3n) is 4.36. The molecule has 25 heavy (non-hydrogen) atoms. The van der Waals surface area contributed by atoms with Crippen molar-refractivity contribution in [2.24, 2.45) is 0 Å². The molecule has 0 unspecified atom stereocenters. The summed E-state index contributed by atoms with van der Waals surface area (Å²) in [6.45, 7) is 5.57. The number of hydrogen-bond acceptors (Lipinski definition) is 6. The summed E-state index contributed by atoms with van der Waals surface area (Å²) in [4.78, 5) is 12.3. The van der Waals surface area contributed by atoms with Gasteiger partial charge >= 0.3 is 0 Å². The van der Waals surface area contributed by atoms with E-state index in [1.54, 1.807) is 11.3 Å². The van der Waals surface area contributed by atoms with Crippen LogP contribution in [0.25, 0.3) is 10.6 Å². The van der Waals surface area contributed by atoms with Crippen LogP contribution in [0.3, 0.4) is 0 Å². The van der Waals surface area contributed by atoms with Gasteiger partial charge in [-0.1, -0.05) is 6.07 Å². The molecular weight excluding hydrogens is 334 g/mol. The van der Waals surface area contributed by atoms with Crippen molar-refractivity contribution in [3.8, 4) is 16.5 Å². The molecule has 1 aliphatic rings. The number of ether oxygens (including phenoxy) is 1. The predicted molar refractivity (Wildman–Crippen MR) is 97.9 cm³/mol. The first kappa shape index (κ1) is 16.2. The fourth-order valence-electron chi connectivity index (χ4n) is 3.26. The topological polar surface area (TPSA) is 66.9 Å². The summed E-state index contributed by atoms with van der Waals surface area (Å²) in [6.07, 6.45) is 0.990. The summed E-state index contributed by atoms with van der Waals surface area (Å²) in [7, 11) is 2.10. The SMILES string of the molecule is Cc1nc(C)c2c(n1)O[C@@H](CN(C)Cc1cc(-c3cccs3)n[nH]1)C2. The van der Waals surface area contributed by atoms with E-state index in [1.807, 2.05) is 19.9 Å². The fourth-order valence-corrected chi connectivity index (χ4v) is 3.95. The van der Waals surface area contributed by atoms with Crippen LogP contribution in [0.15, 0.2) is 23.6 Å². The number of likely N-dealkylation sites (N-methyl/N-ethyl adjacent to an activating group) is 1. The van der Waals surface area contributed by atoms with Crippen LogP contribution in [0.5, 0.6) is 5.88 Å². The summed E-state index contributed by atoms with van der Waals surface area (Å²) >= 11 is 1.70. The zero-order valence-corrected chi connectivity index (χ0v) is 15.4. The molecule has 0 fully saturated rings. The number of thiophene rings is 1. The molecule has 6 nitrogen and oxygen atoms in total. The molecule has 0 radical (unpaired) electrons. The lowest BCUT2D eigenvalue weighted by molar-refractivity contribution is 0.160. The van der Waals surface area contributed by atoms with Crippen LogP contribution in [-0.2, 0) is 13.0 Å². The third kappa shape index (κ3) is 3.43. The molecule has 4 rings (SSSR count). The first-order chi connectivity index (χ1) is 12.1. The van der Waals surface area contributed by atoms with E-state index in [0.29, 0.717) is 0 Å². The number of H-pyrrole nitrogens is 1. The standard InChI is InChI=1S/C18H21N5OS/c1-11-15-8-14(24-18(15)20-12(2)19-11)10-23(3)9-13-7-16(22-21-13)17-5-4-6-25-17/h4-7,14H,8-10H2,1-3H3,(H,21,22)/t14-/m1/s1. The van der Waals surface area contributed by atoms with Crippen molar-refractivity contribution in [2.45, 2.75) is 32.9 Å². The zero-order chi connectivity index (χ0) is 17.4. The van der Waals surface area contributed by atoms with Crippen LogP contribution in [0.2, 0.25) is 0 Å². The Morgan fingerprint density at radius 3 is 3.04 bits per heavy atom. The Morgan fingerprint density at radius 2 is 2.24 bits per heavy atom. The van der Waals surface area contributed by atoms with E-state index in [-0.39, 0.29) is 6.10 Å². The van der Waals surface area contributed by atoms with Gasteiger partial charge in [0.25, 0.3) is 0 Å². The van der Waals surface area contributed by atoms with Gasteiger partial charge < -0.3 is 4.74 Å². The van der Waals surface area contributed by atoms with Gasteiger partial charge in [0.1, 0.15) is 17.6 Å². The summed E-state index contributed by atoms with van der Waals surface area (Å²) in [6, 6.07) is 6.25. The van der Waals surface area contributed by atoms with Crippen molar-refractivity contribution in [1.29, 1.82) is 0 Å². The Kier molecular flexibility index (Phi) is 4.27. The van der Waals surface area contributed by atoms with Crippen molar-refractivity contribution < 1.29 is 4.74 Å². The largest absolute Gasteiger partial charge is 0.472 e. The van der Waals surface area contributed by atoms with Crippen LogP contribution in [0.4, 0.5) is 0 Å². The first-order valence-corrected chi connectivity index (χ1v) is 9.24. The van der Waals surface area contributed by atoms with Crippen LogP contribution < -0.4 is 4.74 Å². The minimum absolute atomic E-state index is 0.120. The molecule has 0 amide bonds. The van der Waals surface area contributed by atoms with Crippen molar-refractivity contribution in [3.05, 3.63) is 46.4 Å². The zero-order valence-electron chi connectivity index (χ0n) is 14.6. The monoisotopic (exact) mass is 355 g/mol. The van der Waals surface area contributed by atoms with Gasteiger partial charge in [0.15, 0.2) is 0 Å². The van der Waals surface area contributed by atoms with Gasteiger partial charge in [-0.2, -0.15) is 10.1 Å². The lowest BCUT2D eigenvalue weighted by atomic mass is 10.1. The average molecular weight is 355 g/mol. The Morgan fingerprint density at radius 1 is 1.36 bits per heavy atom. The highest BCUT2D eigenvalue weighted by Gasteiger charge is 2.27. The molecule has 7 heteroatoms. The number of fused-ring (bicyclic) bond motifs is 1. The Labute approximate surface area is 150 Å². The quantitative estimate of drug-likeness (QED) is 0.762. The Balaban J connectivity index is 1.37. The van der Waals surface area contributed by atoms with E-state index in [1.165, 1.54) is 4.88 Å². The normalized spacial score (nSPS) is 16.2. The molecule has 130 valence electrons. The number of hydrogen-bond donors (Lipinski definition) is 1. The molecule has 0 saturated heterocycles. The van der Waals surface area contributed by atoms with Crippen LogP contribution in [0, 0.1) is 13.8 Å². The third-order valence-corrected chi connectivity index (χ3v) is 5.25. The number of aromatic nitrogens is 4. The molecule has 1 N–H and O–H groups in total. The number of nitrogens with zero attached hydrogens (tertiary/aromatic N) is 4. The summed E-state index contributed by atoms with van der Waals surface area (Å²) in [5, 5.41) is 9.61. The van der Waals surface area contributed by atoms with E-state index in [2.05, 4.69) is 49.6 Å². The van der Waals surface area contributed by atoms with Gasteiger partial charge in [0.05, 0.1) is 4.88 Å². The highest BCUT2D eigenvalue weighted by molar-refractivity contribution is 7.13. The van der Waals surface area contributed by atoms with Crippen molar-refractivity contribution >= 4 is 11.3 Å². The molecule has 1 aliphatic heterocycles. The number of aryl methyl sites for hydroxylation is 2. The van der Waals surface area contributed by atoms with Gasteiger partial charge in [-0.15, -0.1) is 11.3 Å². The van der Waals surface area contributed by atoms with E-state index < -0.39 is 0 Å². The van der Waals surface area contributed by atoms with E-state index in [9.17, 15) is 0 Å². The second-order valence-corrected chi connectivity index (χ2v) is 7.48. The Hall–Kier alpha value is -2.25. The maximum atomic E-state index is 6.02. The van der Waals surface area contributed by atoms with Crippen molar-refractivity contribution in [2.75, 3.05) is 13.6 Å². The molecule has 0 aromatic carbocycles.